The zero-order chi connectivity index (χ0) is 12.5. The number of ether oxygens (including phenoxy) is 1. The SMILES string of the molecule is COc1nc(C)cc(N(C)CC2(CO)CC2)n1. The Morgan fingerprint density at radius 2 is 2.18 bits per heavy atom. The van der Waals surface area contributed by atoms with Gasteiger partial charge in [-0.3, -0.25) is 0 Å². The van der Waals surface area contributed by atoms with Crippen LogP contribution in [0.5, 0.6) is 6.01 Å². The molecule has 1 aromatic rings. The van der Waals surface area contributed by atoms with E-state index in [9.17, 15) is 5.11 Å². The second-order valence-corrected chi connectivity index (χ2v) is 4.87. The maximum Gasteiger partial charge on any atom is 0.318 e. The van der Waals surface area contributed by atoms with Crippen molar-refractivity contribution in [2.24, 2.45) is 5.41 Å². The zero-order valence-electron chi connectivity index (χ0n) is 10.6. The van der Waals surface area contributed by atoms with Gasteiger partial charge >= 0.3 is 6.01 Å². The number of aliphatic hydroxyl groups excluding tert-OH is 1. The van der Waals surface area contributed by atoms with Crippen LogP contribution in [-0.2, 0) is 0 Å². The van der Waals surface area contributed by atoms with Crippen LogP contribution in [0.15, 0.2) is 6.07 Å². The highest BCUT2D eigenvalue weighted by Gasteiger charge is 2.43. The lowest BCUT2D eigenvalue weighted by atomic mass is 10.1. The molecular weight excluding hydrogens is 218 g/mol. The number of methoxy groups -OCH3 is 1. The fourth-order valence-electron chi connectivity index (χ4n) is 1.94. The smallest absolute Gasteiger partial charge is 0.318 e. The minimum Gasteiger partial charge on any atom is -0.467 e. The second-order valence-electron chi connectivity index (χ2n) is 4.87. The maximum absolute atomic E-state index is 9.32. The number of aliphatic hydroxyl groups is 1. The number of aromatic nitrogens is 2. The van der Waals surface area contributed by atoms with E-state index in [4.69, 9.17) is 4.74 Å². The molecule has 0 radical (unpaired) electrons. The Kier molecular flexibility index (Phi) is 3.19. The van der Waals surface area contributed by atoms with Crippen molar-refractivity contribution in [2.75, 3.05) is 32.2 Å². The molecule has 0 saturated heterocycles. The number of rotatable bonds is 5. The highest BCUT2D eigenvalue weighted by Crippen LogP contribution is 2.45. The van der Waals surface area contributed by atoms with Crippen LogP contribution >= 0.6 is 0 Å². The first-order chi connectivity index (χ1) is 8.08. The van der Waals surface area contributed by atoms with Crippen molar-refractivity contribution in [1.82, 2.24) is 9.97 Å². The summed E-state index contributed by atoms with van der Waals surface area (Å²) in [7, 11) is 3.55. The Morgan fingerprint density at radius 1 is 1.47 bits per heavy atom. The first-order valence-electron chi connectivity index (χ1n) is 5.80. The van der Waals surface area contributed by atoms with Crippen LogP contribution in [0.2, 0.25) is 0 Å². The molecule has 0 amide bonds. The molecule has 1 N–H and O–H groups in total. The molecule has 0 unspecified atom stereocenters. The maximum atomic E-state index is 9.32. The minimum absolute atomic E-state index is 0.0842. The fourth-order valence-corrected chi connectivity index (χ4v) is 1.94. The molecule has 5 nitrogen and oxygen atoms in total. The molecule has 2 rings (SSSR count). The van der Waals surface area contributed by atoms with E-state index in [0.29, 0.717) is 6.01 Å². The second kappa shape index (κ2) is 4.49. The molecule has 1 aromatic heterocycles. The van der Waals surface area contributed by atoms with Crippen molar-refractivity contribution >= 4 is 5.82 Å². The van der Waals surface area contributed by atoms with Crippen LogP contribution in [0.4, 0.5) is 5.82 Å². The summed E-state index contributed by atoms with van der Waals surface area (Å²) in [4.78, 5) is 10.5. The average Bonchev–Trinajstić information content (AvgIpc) is 3.08. The number of hydrogen-bond acceptors (Lipinski definition) is 5. The van der Waals surface area contributed by atoms with Gasteiger partial charge < -0.3 is 14.7 Å². The molecule has 1 aliphatic rings. The van der Waals surface area contributed by atoms with Crippen molar-refractivity contribution in [1.29, 1.82) is 0 Å². The van der Waals surface area contributed by atoms with E-state index in [0.717, 1.165) is 30.9 Å². The number of nitrogens with zero attached hydrogens (tertiary/aromatic N) is 3. The molecule has 1 heterocycles. The summed E-state index contributed by atoms with van der Waals surface area (Å²) >= 11 is 0. The van der Waals surface area contributed by atoms with E-state index in [2.05, 4.69) is 14.9 Å². The van der Waals surface area contributed by atoms with Crippen molar-refractivity contribution in [3.05, 3.63) is 11.8 Å². The lowest BCUT2D eigenvalue weighted by molar-refractivity contribution is 0.215. The van der Waals surface area contributed by atoms with E-state index < -0.39 is 0 Å². The molecule has 17 heavy (non-hydrogen) atoms. The Hall–Kier alpha value is -1.36. The van der Waals surface area contributed by atoms with Crippen LogP contribution in [-0.4, -0.2) is 42.4 Å². The van der Waals surface area contributed by atoms with E-state index in [1.54, 1.807) is 7.11 Å². The van der Waals surface area contributed by atoms with Crippen molar-refractivity contribution in [3.8, 4) is 6.01 Å². The molecule has 94 valence electrons. The molecular formula is C12H19N3O2. The summed E-state index contributed by atoms with van der Waals surface area (Å²) in [5, 5.41) is 9.32. The van der Waals surface area contributed by atoms with E-state index >= 15 is 0 Å². The topological polar surface area (TPSA) is 58.5 Å². The lowest BCUT2D eigenvalue weighted by Gasteiger charge is -2.23. The lowest BCUT2D eigenvalue weighted by Crippen LogP contribution is -2.29. The van der Waals surface area contributed by atoms with Gasteiger partial charge in [-0.15, -0.1) is 0 Å². The summed E-state index contributed by atoms with van der Waals surface area (Å²) in [5.41, 5.74) is 0.966. The van der Waals surface area contributed by atoms with Crippen LogP contribution in [0.3, 0.4) is 0 Å². The van der Waals surface area contributed by atoms with Crippen molar-refractivity contribution in [2.45, 2.75) is 19.8 Å². The summed E-state index contributed by atoms with van der Waals surface area (Å²) in [5.74, 6) is 0.842. The number of aryl methyl sites for hydroxylation is 1. The van der Waals surface area contributed by atoms with Crippen molar-refractivity contribution < 1.29 is 9.84 Å². The van der Waals surface area contributed by atoms with Gasteiger partial charge in [0.15, 0.2) is 0 Å². The quantitative estimate of drug-likeness (QED) is 0.828. The van der Waals surface area contributed by atoms with Gasteiger partial charge in [-0.05, 0) is 19.8 Å². The van der Waals surface area contributed by atoms with Gasteiger partial charge in [0, 0.05) is 30.8 Å². The summed E-state index contributed by atoms with van der Waals surface area (Å²) in [6, 6.07) is 2.32. The molecule has 0 aromatic carbocycles. The van der Waals surface area contributed by atoms with Gasteiger partial charge in [-0.25, -0.2) is 4.98 Å². The molecule has 1 aliphatic carbocycles. The molecule has 5 heteroatoms. The zero-order valence-corrected chi connectivity index (χ0v) is 10.6. The Labute approximate surface area is 101 Å². The van der Waals surface area contributed by atoms with Gasteiger partial charge in [0.1, 0.15) is 5.82 Å². The minimum atomic E-state index is 0.0842. The summed E-state index contributed by atoms with van der Waals surface area (Å²) in [6.07, 6.45) is 2.18. The highest BCUT2D eigenvalue weighted by molar-refractivity contribution is 5.40. The van der Waals surface area contributed by atoms with Gasteiger partial charge in [-0.1, -0.05) is 0 Å². The van der Waals surface area contributed by atoms with Gasteiger partial charge in [0.05, 0.1) is 13.7 Å². The van der Waals surface area contributed by atoms with Crippen molar-refractivity contribution in [3.63, 3.8) is 0 Å². The first kappa shape index (κ1) is 12.1. The summed E-state index contributed by atoms with van der Waals surface area (Å²) in [6.45, 7) is 2.99. The molecule has 0 atom stereocenters. The predicted octanol–water partition coefficient (Wildman–Crippen LogP) is 1.00. The molecule has 1 fully saturated rings. The third-order valence-electron chi connectivity index (χ3n) is 3.26. The predicted molar refractivity (Wildman–Crippen MR) is 65.3 cm³/mol. The Balaban J connectivity index is 2.13. The molecule has 0 aliphatic heterocycles. The highest BCUT2D eigenvalue weighted by atomic mass is 16.5. The van der Waals surface area contributed by atoms with Crippen LogP contribution in [0, 0.1) is 12.3 Å². The molecule has 0 spiro atoms. The Morgan fingerprint density at radius 3 is 2.71 bits per heavy atom. The van der Waals surface area contributed by atoms with Gasteiger partial charge in [0.2, 0.25) is 0 Å². The number of anilines is 1. The summed E-state index contributed by atoms with van der Waals surface area (Å²) < 4.78 is 5.06. The average molecular weight is 237 g/mol. The fraction of sp³-hybridized carbons (Fsp3) is 0.667. The van der Waals surface area contributed by atoms with Gasteiger partial charge in [0.25, 0.3) is 0 Å². The normalized spacial score (nSPS) is 16.7. The molecule has 1 saturated carbocycles. The van der Waals surface area contributed by atoms with E-state index in [1.165, 1.54) is 0 Å². The Bertz CT molecular complexity index is 405. The van der Waals surface area contributed by atoms with Crippen LogP contribution in [0.25, 0.3) is 0 Å². The van der Waals surface area contributed by atoms with E-state index in [1.807, 2.05) is 20.0 Å². The standard InChI is InChI=1S/C12H19N3O2/c1-9-6-10(14-11(13-9)17-3)15(2)7-12(8-16)4-5-12/h6,16H,4-5,7-8H2,1-3H3. The largest absolute Gasteiger partial charge is 0.467 e. The first-order valence-corrected chi connectivity index (χ1v) is 5.80. The third kappa shape index (κ3) is 2.66. The van der Waals surface area contributed by atoms with Crippen LogP contribution < -0.4 is 9.64 Å². The number of hydrogen-bond donors (Lipinski definition) is 1. The van der Waals surface area contributed by atoms with Gasteiger partial charge in [-0.2, -0.15) is 4.98 Å². The third-order valence-corrected chi connectivity index (χ3v) is 3.26. The monoisotopic (exact) mass is 237 g/mol. The van der Waals surface area contributed by atoms with E-state index in [-0.39, 0.29) is 12.0 Å². The molecule has 0 bridgehead atoms. The van der Waals surface area contributed by atoms with Crippen LogP contribution in [0.1, 0.15) is 18.5 Å².